The van der Waals surface area contributed by atoms with E-state index in [1.807, 2.05) is 37.3 Å². The van der Waals surface area contributed by atoms with E-state index in [1.54, 1.807) is 12.1 Å². The first-order chi connectivity index (χ1) is 17.1. The predicted octanol–water partition coefficient (Wildman–Crippen LogP) is 3.76. The fourth-order valence-electron chi connectivity index (χ4n) is 5.42. The number of nitrogens with zero attached hydrogens (tertiary/aromatic N) is 1. The Morgan fingerprint density at radius 1 is 1.08 bits per heavy atom. The lowest BCUT2D eigenvalue weighted by Gasteiger charge is -2.38. The number of hydrogen-bond acceptors (Lipinski definition) is 5. The standard InChI is InChI=1S/C27H33FN2O5S/c1-19-7-10-24(20-5-3-2-4-6-20)36(33,34)30(19)18-21-8-9-22(17-23(21)28)27(13-15-35-16-14-27)25(31)11-12-26(29)32/h2-6,8-9,17,19,24H,7,10-16,18H2,1H3,(H2,29,32)/t19-,24+/m0/s1. The number of carbonyl (C=O) groups excluding carboxylic acids is 2. The zero-order chi connectivity index (χ0) is 25.9. The maximum Gasteiger partial charge on any atom is 0.221 e. The number of halogens is 1. The average molecular weight is 517 g/mol. The molecular weight excluding hydrogens is 483 g/mol. The number of hydrogen-bond donors (Lipinski definition) is 1. The number of ether oxygens (including phenoxy) is 1. The van der Waals surface area contributed by atoms with Crippen molar-refractivity contribution >= 4 is 21.7 Å². The van der Waals surface area contributed by atoms with E-state index in [-0.39, 0.29) is 36.8 Å². The number of benzene rings is 2. The summed E-state index contributed by atoms with van der Waals surface area (Å²) in [6.45, 7) is 2.48. The van der Waals surface area contributed by atoms with Crippen LogP contribution >= 0.6 is 0 Å². The second kappa shape index (κ2) is 10.8. The van der Waals surface area contributed by atoms with Gasteiger partial charge in [-0.15, -0.1) is 0 Å². The van der Waals surface area contributed by atoms with Gasteiger partial charge in [0, 0.05) is 44.2 Å². The van der Waals surface area contributed by atoms with Gasteiger partial charge in [-0.25, -0.2) is 12.8 Å². The molecule has 2 aliphatic rings. The van der Waals surface area contributed by atoms with Crippen LogP contribution in [0.4, 0.5) is 4.39 Å². The van der Waals surface area contributed by atoms with Crippen LogP contribution in [0.2, 0.25) is 0 Å². The minimum absolute atomic E-state index is 0.0108. The van der Waals surface area contributed by atoms with Crippen LogP contribution in [0, 0.1) is 5.82 Å². The third-order valence-corrected chi connectivity index (χ3v) is 9.98. The molecule has 36 heavy (non-hydrogen) atoms. The van der Waals surface area contributed by atoms with Crippen LogP contribution in [0.15, 0.2) is 48.5 Å². The molecule has 2 fully saturated rings. The zero-order valence-corrected chi connectivity index (χ0v) is 21.3. The number of ketones is 1. The van der Waals surface area contributed by atoms with Crippen LogP contribution in [0.3, 0.4) is 0 Å². The summed E-state index contributed by atoms with van der Waals surface area (Å²) in [6.07, 6.45) is 1.90. The first kappa shape index (κ1) is 26.4. The Labute approximate surface area is 211 Å². The lowest BCUT2D eigenvalue weighted by Crippen LogP contribution is -2.45. The fraction of sp³-hybridized carbons (Fsp3) is 0.481. The van der Waals surface area contributed by atoms with Crippen molar-refractivity contribution in [3.8, 4) is 0 Å². The molecule has 9 heteroatoms. The van der Waals surface area contributed by atoms with Crippen molar-refractivity contribution in [2.24, 2.45) is 5.73 Å². The van der Waals surface area contributed by atoms with Gasteiger partial charge in [0.1, 0.15) is 16.9 Å². The molecule has 194 valence electrons. The number of amides is 1. The second-order valence-electron chi connectivity index (χ2n) is 9.81. The van der Waals surface area contributed by atoms with Gasteiger partial charge in [0.15, 0.2) is 0 Å². The Balaban J connectivity index is 1.61. The van der Waals surface area contributed by atoms with Gasteiger partial charge in [0.05, 0.1) is 5.41 Å². The van der Waals surface area contributed by atoms with Gasteiger partial charge in [0.2, 0.25) is 15.9 Å². The number of rotatable bonds is 8. The molecule has 2 aromatic carbocycles. The van der Waals surface area contributed by atoms with E-state index in [2.05, 4.69) is 0 Å². The number of nitrogens with two attached hydrogens (primary N) is 1. The maximum atomic E-state index is 15.5. The van der Waals surface area contributed by atoms with Crippen molar-refractivity contribution in [1.29, 1.82) is 0 Å². The highest BCUT2D eigenvalue weighted by Crippen LogP contribution is 2.40. The van der Waals surface area contributed by atoms with Crippen molar-refractivity contribution in [3.05, 3.63) is 71.0 Å². The molecule has 1 amide bonds. The lowest BCUT2D eigenvalue weighted by molar-refractivity contribution is -0.130. The molecule has 7 nitrogen and oxygen atoms in total. The highest BCUT2D eigenvalue weighted by Gasteiger charge is 2.43. The van der Waals surface area contributed by atoms with Crippen LogP contribution < -0.4 is 5.73 Å². The molecule has 2 aliphatic heterocycles. The monoisotopic (exact) mass is 516 g/mol. The largest absolute Gasteiger partial charge is 0.381 e. The van der Waals surface area contributed by atoms with Crippen LogP contribution in [-0.2, 0) is 36.3 Å². The highest BCUT2D eigenvalue weighted by molar-refractivity contribution is 7.89. The predicted molar refractivity (Wildman–Crippen MR) is 134 cm³/mol. The second-order valence-corrected chi connectivity index (χ2v) is 11.9. The summed E-state index contributed by atoms with van der Waals surface area (Å²) < 4.78 is 49.4. The van der Waals surface area contributed by atoms with Crippen LogP contribution in [0.5, 0.6) is 0 Å². The van der Waals surface area contributed by atoms with Crippen molar-refractivity contribution < 1.29 is 27.1 Å². The molecule has 2 N–H and O–H groups in total. The number of Topliss-reactive ketones (excluding diaryl/α,β-unsaturated/α-hetero) is 1. The topological polar surface area (TPSA) is 107 Å². The Kier molecular flexibility index (Phi) is 7.92. The van der Waals surface area contributed by atoms with E-state index in [9.17, 15) is 18.0 Å². The van der Waals surface area contributed by atoms with Gasteiger partial charge in [-0.2, -0.15) is 4.31 Å². The number of primary amides is 1. The summed E-state index contributed by atoms with van der Waals surface area (Å²) in [6, 6.07) is 13.5. The maximum absolute atomic E-state index is 15.5. The van der Waals surface area contributed by atoms with Gasteiger partial charge in [0.25, 0.3) is 0 Å². The minimum Gasteiger partial charge on any atom is -0.381 e. The molecule has 0 bridgehead atoms. The van der Waals surface area contributed by atoms with Crippen molar-refractivity contribution in [3.63, 3.8) is 0 Å². The molecule has 0 saturated carbocycles. The van der Waals surface area contributed by atoms with Crippen molar-refractivity contribution in [2.45, 2.75) is 68.7 Å². The molecule has 2 heterocycles. The van der Waals surface area contributed by atoms with Crippen LogP contribution in [-0.4, -0.2) is 43.7 Å². The molecule has 0 aromatic heterocycles. The van der Waals surface area contributed by atoms with Gasteiger partial charge in [-0.3, -0.25) is 9.59 Å². The number of carbonyl (C=O) groups is 2. The third-order valence-electron chi connectivity index (χ3n) is 7.61. The van der Waals surface area contributed by atoms with Gasteiger partial charge >= 0.3 is 0 Å². The molecule has 2 aromatic rings. The summed E-state index contributed by atoms with van der Waals surface area (Å²) in [5.74, 6) is -1.27. The minimum atomic E-state index is -3.70. The van der Waals surface area contributed by atoms with E-state index in [0.29, 0.717) is 44.5 Å². The summed E-state index contributed by atoms with van der Waals surface area (Å²) in [4.78, 5) is 24.4. The summed E-state index contributed by atoms with van der Waals surface area (Å²) in [5, 5.41) is -0.661. The molecule has 0 spiro atoms. The quantitative estimate of drug-likeness (QED) is 0.575. The van der Waals surface area contributed by atoms with Gasteiger partial charge < -0.3 is 10.5 Å². The van der Waals surface area contributed by atoms with Crippen molar-refractivity contribution in [2.75, 3.05) is 13.2 Å². The Morgan fingerprint density at radius 2 is 1.78 bits per heavy atom. The SMILES string of the molecule is C[C@H]1CC[C@H](c2ccccc2)S(=O)(=O)N1Cc1ccc(C2(C(=O)CCC(N)=O)CCOCC2)cc1F. The molecule has 0 aliphatic carbocycles. The lowest BCUT2D eigenvalue weighted by atomic mass is 9.69. The normalized spacial score (nSPS) is 23.7. The molecule has 0 unspecified atom stereocenters. The fourth-order valence-corrected chi connectivity index (χ4v) is 7.61. The Bertz CT molecular complexity index is 1210. The molecule has 4 rings (SSSR count). The average Bonchev–Trinajstić information content (AvgIpc) is 2.86. The Morgan fingerprint density at radius 3 is 2.42 bits per heavy atom. The molecule has 2 saturated heterocycles. The van der Waals surface area contributed by atoms with E-state index < -0.39 is 32.4 Å². The first-order valence-corrected chi connectivity index (χ1v) is 13.9. The highest BCUT2D eigenvalue weighted by atomic mass is 32.2. The summed E-state index contributed by atoms with van der Waals surface area (Å²) >= 11 is 0. The first-order valence-electron chi connectivity index (χ1n) is 12.4. The van der Waals surface area contributed by atoms with Crippen LogP contribution in [0.1, 0.15) is 67.4 Å². The molecular formula is C27H33FN2O5S. The van der Waals surface area contributed by atoms with E-state index >= 15 is 4.39 Å². The summed E-state index contributed by atoms with van der Waals surface area (Å²) in [5.41, 5.74) is 5.81. The molecule has 0 radical (unpaired) electrons. The number of sulfonamides is 1. The van der Waals surface area contributed by atoms with E-state index in [0.717, 1.165) is 5.56 Å². The summed E-state index contributed by atoms with van der Waals surface area (Å²) in [7, 11) is -3.70. The van der Waals surface area contributed by atoms with Gasteiger partial charge in [-0.05, 0) is 49.8 Å². The molecule has 2 atom stereocenters. The van der Waals surface area contributed by atoms with E-state index in [4.69, 9.17) is 10.5 Å². The smallest absolute Gasteiger partial charge is 0.221 e. The third kappa shape index (κ3) is 5.23. The van der Waals surface area contributed by atoms with Crippen LogP contribution in [0.25, 0.3) is 0 Å². The van der Waals surface area contributed by atoms with Gasteiger partial charge in [-0.1, -0.05) is 42.5 Å². The van der Waals surface area contributed by atoms with Crippen molar-refractivity contribution in [1.82, 2.24) is 4.31 Å². The Hall–Kier alpha value is -2.62. The zero-order valence-electron chi connectivity index (χ0n) is 20.5. The van der Waals surface area contributed by atoms with E-state index in [1.165, 1.54) is 10.4 Å².